The Bertz CT molecular complexity index is 578. The molecular weight excluding hydrogens is 306 g/mol. The number of aromatic nitrogens is 2. The summed E-state index contributed by atoms with van der Waals surface area (Å²) in [4.78, 5) is 14.7. The van der Waals surface area contributed by atoms with Crippen LogP contribution in [-0.4, -0.2) is 60.0 Å². The van der Waals surface area contributed by atoms with Gasteiger partial charge in [0.15, 0.2) is 0 Å². The quantitative estimate of drug-likeness (QED) is 0.825. The molecule has 0 aromatic carbocycles. The van der Waals surface area contributed by atoms with Crippen LogP contribution >= 0.6 is 0 Å². The third kappa shape index (κ3) is 3.30. The van der Waals surface area contributed by atoms with E-state index in [-0.39, 0.29) is 17.4 Å². The molecule has 1 aromatic heterocycles. The normalized spacial score (nSPS) is 30.0. The lowest BCUT2D eigenvalue weighted by atomic mass is 9.73. The molecule has 24 heavy (non-hydrogen) atoms. The van der Waals surface area contributed by atoms with Crippen molar-refractivity contribution in [3.05, 3.63) is 24.0 Å². The molecule has 0 bridgehead atoms. The van der Waals surface area contributed by atoms with Crippen molar-refractivity contribution < 1.29 is 14.3 Å². The van der Waals surface area contributed by atoms with Gasteiger partial charge in [0.1, 0.15) is 0 Å². The van der Waals surface area contributed by atoms with Gasteiger partial charge in [0.25, 0.3) is 5.91 Å². The Morgan fingerprint density at radius 2 is 2.29 bits per heavy atom. The maximum absolute atomic E-state index is 12.8. The van der Waals surface area contributed by atoms with Crippen LogP contribution in [0.1, 0.15) is 42.5 Å². The molecule has 3 fully saturated rings. The van der Waals surface area contributed by atoms with Crippen molar-refractivity contribution in [2.24, 2.45) is 11.3 Å². The number of hydrogen-bond acceptors (Lipinski definition) is 5. The fourth-order valence-electron chi connectivity index (χ4n) is 3.99. The molecule has 1 aromatic rings. The van der Waals surface area contributed by atoms with Crippen molar-refractivity contribution in [3.63, 3.8) is 0 Å². The second kappa shape index (κ2) is 6.76. The first kappa shape index (κ1) is 16.0. The van der Waals surface area contributed by atoms with E-state index in [0.29, 0.717) is 18.7 Å². The second-order valence-corrected chi connectivity index (χ2v) is 7.43. The fourth-order valence-corrected chi connectivity index (χ4v) is 3.99. The standard InChI is InChI=1S/C18H25N3O3/c22-17(15-4-7-19-20-10-15)21-8-5-16-18(12-21,6-1-9-24-16)13-23-11-14-2-3-14/h4,7,10,14,16H,1-3,5-6,8-9,11-13H2/t16-,18-/m0/s1. The summed E-state index contributed by atoms with van der Waals surface area (Å²) >= 11 is 0. The molecule has 2 saturated heterocycles. The Morgan fingerprint density at radius 3 is 3.08 bits per heavy atom. The second-order valence-electron chi connectivity index (χ2n) is 7.43. The summed E-state index contributed by atoms with van der Waals surface area (Å²) in [5.41, 5.74) is 0.552. The minimum Gasteiger partial charge on any atom is -0.380 e. The molecule has 1 aliphatic carbocycles. The number of fused-ring (bicyclic) bond motifs is 1. The molecule has 2 aliphatic heterocycles. The molecule has 4 rings (SSSR count). The van der Waals surface area contributed by atoms with Gasteiger partial charge in [0, 0.05) is 31.7 Å². The van der Waals surface area contributed by atoms with Crippen LogP contribution in [0.2, 0.25) is 0 Å². The van der Waals surface area contributed by atoms with E-state index in [1.807, 2.05) is 4.90 Å². The summed E-state index contributed by atoms with van der Waals surface area (Å²) in [5, 5.41) is 7.58. The number of hydrogen-bond donors (Lipinski definition) is 0. The number of amides is 1. The molecule has 3 aliphatic rings. The van der Waals surface area contributed by atoms with Crippen molar-refractivity contribution in [1.82, 2.24) is 15.1 Å². The maximum atomic E-state index is 12.8. The Balaban J connectivity index is 1.46. The minimum atomic E-state index is -0.0541. The molecule has 0 N–H and O–H groups in total. The van der Waals surface area contributed by atoms with E-state index in [4.69, 9.17) is 9.47 Å². The summed E-state index contributed by atoms with van der Waals surface area (Å²) in [6.45, 7) is 3.83. The first-order chi connectivity index (χ1) is 11.8. The third-order valence-electron chi connectivity index (χ3n) is 5.55. The van der Waals surface area contributed by atoms with Gasteiger partial charge < -0.3 is 14.4 Å². The van der Waals surface area contributed by atoms with Gasteiger partial charge in [-0.2, -0.15) is 10.2 Å². The molecule has 3 heterocycles. The van der Waals surface area contributed by atoms with Crippen LogP contribution in [0.25, 0.3) is 0 Å². The van der Waals surface area contributed by atoms with Crippen LogP contribution in [0.15, 0.2) is 18.5 Å². The van der Waals surface area contributed by atoms with Gasteiger partial charge in [-0.3, -0.25) is 4.79 Å². The van der Waals surface area contributed by atoms with Gasteiger partial charge in [-0.1, -0.05) is 0 Å². The average Bonchev–Trinajstić information content (AvgIpc) is 3.45. The summed E-state index contributed by atoms with van der Waals surface area (Å²) < 4.78 is 12.1. The lowest BCUT2D eigenvalue weighted by Crippen LogP contribution is -2.58. The zero-order chi connectivity index (χ0) is 16.4. The summed E-state index contributed by atoms with van der Waals surface area (Å²) in [5.74, 6) is 0.795. The highest BCUT2D eigenvalue weighted by molar-refractivity contribution is 5.93. The zero-order valence-corrected chi connectivity index (χ0v) is 14.0. The number of piperidine rings is 1. The van der Waals surface area contributed by atoms with Crippen LogP contribution in [0, 0.1) is 11.3 Å². The van der Waals surface area contributed by atoms with Crippen molar-refractivity contribution in [2.45, 2.75) is 38.2 Å². The largest absolute Gasteiger partial charge is 0.380 e. The Labute approximate surface area is 142 Å². The highest BCUT2D eigenvalue weighted by Gasteiger charge is 2.47. The molecule has 1 amide bonds. The van der Waals surface area contributed by atoms with Crippen LogP contribution < -0.4 is 0 Å². The van der Waals surface area contributed by atoms with Crippen LogP contribution in [0.5, 0.6) is 0 Å². The Kier molecular flexibility index (Phi) is 4.50. The molecule has 6 heteroatoms. The van der Waals surface area contributed by atoms with E-state index in [2.05, 4.69) is 10.2 Å². The Hall–Kier alpha value is -1.53. The van der Waals surface area contributed by atoms with E-state index in [0.717, 1.165) is 44.9 Å². The fraction of sp³-hybridized carbons (Fsp3) is 0.722. The molecule has 2 atom stereocenters. The number of rotatable bonds is 5. The number of nitrogens with zero attached hydrogens (tertiary/aromatic N) is 3. The highest BCUT2D eigenvalue weighted by Crippen LogP contribution is 2.41. The summed E-state index contributed by atoms with van der Waals surface area (Å²) in [6.07, 6.45) is 8.92. The van der Waals surface area contributed by atoms with Gasteiger partial charge in [-0.15, -0.1) is 0 Å². The highest BCUT2D eigenvalue weighted by atomic mass is 16.5. The molecule has 0 spiro atoms. The molecule has 130 valence electrons. The Morgan fingerprint density at radius 1 is 1.38 bits per heavy atom. The molecule has 1 saturated carbocycles. The maximum Gasteiger partial charge on any atom is 0.255 e. The van der Waals surface area contributed by atoms with E-state index in [1.54, 1.807) is 18.5 Å². The van der Waals surface area contributed by atoms with Gasteiger partial charge in [-0.05, 0) is 44.1 Å². The van der Waals surface area contributed by atoms with E-state index in [9.17, 15) is 4.79 Å². The predicted octanol–water partition coefficient (Wildman–Crippen LogP) is 1.91. The van der Waals surface area contributed by atoms with Crippen molar-refractivity contribution in [1.29, 1.82) is 0 Å². The molecule has 6 nitrogen and oxygen atoms in total. The topological polar surface area (TPSA) is 64.6 Å². The smallest absolute Gasteiger partial charge is 0.255 e. The van der Waals surface area contributed by atoms with Crippen LogP contribution in [-0.2, 0) is 9.47 Å². The number of likely N-dealkylation sites (tertiary alicyclic amines) is 1. The zero-order valence-electron chi connectivity index (χ0n) is 14.0. The number of carbonyl (C=O) groups is 1. The third-order valence-corrected chi connectivity index (χ3v) is 5.55. The molecule has 0 unspecified atom stereocenters. The van der Waals surface area contributed by atoms with Gasteiger partial charge in [0.05, 0.1) is 30.7 Å². The van der Waals surface area contributed by atoms with Gasteiger partial charge in [0.2, 0.25) is 0 Å². The minimum absolute atomic E-state index is 0.0375. The summed E-state index contributed by atoms with van der Waals surface area (Å²) in [6, 6.07) is 1.73. The van der Waals surface area contributed by atoms with Crippen LogP contribution in [0.4, 0.5) is 0 Å². The van der Waals surface area contributed by atoms with Crippen LogP contribution in [0.3, 0.4) is 0 Å². The van der Waals surface area contributed by atoms with Crippen molar-refractivity contribution in [2.75, 3.05) is 32.9 Å². The first-order valence-corrected chi connectivity index (χ1v) is 9.02. The average molecular weight is 331 g/mol. The van der Waals surface area contributed by atoms with E-state index < -0.39 is 0 Å². The predicted molar refractivity (Wildman–Crippen MR) is 87.5 cm³/mol. The molecular formula is C18H25N3O3. The van der Waals surface area contributed by atoms with Gasteiger partial charge >= 0.3 is 0 Å². The molecule has 0 radical (unpaired) electrons. The monoisotopic (exact) mass is 331 g/mol. The van der Waals surface area contributed by atoms with Crippen molar-refractivity contribution >= 4 is 5.91 Å². The van der Waals surface area contributed by atoms with E-state index >= 15 is 0 Å². The SMILES string of the molecule is O=C(c1ccnnc1)N1CC[C@@H]2OCCC[C@@]2(COCC2CC2)C1. The lowest BCUT2D eigenvalue weighted by Gasteiger charge is -2.50. The lowest BCUT2D eigenvalue weighted by molar-refractivity contribution is -0.147. The number of ether oxygens (including phenoxy) is 2. The van der Waals surface area contributed by atoms with E-state index in [1.165, 1.54) is 12.8 Å². The summed E-state index contributed by atoms with van der Waals surface area (Å²) in [7, 11) is 0. The van der Waals surface area contributed by atoms with Crippen molar-refractivity contribution in [3.8, 4) is 0 Å². The number of carbonyl (C=O) groups excluding carboxylic acids is 1. The van der Waals surface area contributed by atoms with Gasteiger partial charge in [-0.25, -0.2) is 0 Å². The first-order valence-electron chi connectivity index (χ1n) is 9.02.